The van der Waals surface area contributed by atoms with Crippen LogP contribution in [0.15, 0.2) is 11.6 Å². The molecule has 0 unspecified atom stereocenters. The number of rotatable bonds is 5. The quantitative estimate of drug-likeness (QED) is 0.783. The van der Waals surface area contributed by atoms with E-state index in [-0.39, 0.29) is 0 Å². The van der Waals surface area contributed by atoms with Crippen LogP contribution in [0.1, 0.15) is 57.8 Å². The van der Waals surface area contributed by atoms with Gasteiger partial charge in [-0.05, 0) is 63.8 Å². The summed E-state index contributed by atoms with van der Waals surface area (Å²) in [5.74, 6) is 1.31. The lowest BCUT2D eigenvalue weighted by atomic mass is 9.96. The third kappa shape index (κ3) is 4.08. The molecule has 1 N–H and O–H groups in total. The van der Waals surface area contributed by atoms with Crippen molar-refractivity contribution in [3.63, 3.8) is 0 Å². The number of hydrogen-bond acceptors (Lipinski definition) is 2. The fraction of sp³-hybridized carbons (Fsp3) is 0.824. The lowest BCUT2D eigenvalue weighted by molar-refractivity contribution is -0.131. The van der Waals surface area contributed by atoms with Crippen molar-refractivity contribution in [2.24, 2.45) is 5.92 Å². The molecule has 3 nitrogen and oxygen atoms in total. The van der Waals surface area contributed by atoms with Crippen molar-refractivity contribution in [2.45, 2.75) is 63.8 Å². The van der Waals surface area contributed by atoms with E-state index in [1.165, 1.54) is 44.2 Å². The average molecular weight is 276 g/mol. The summed E-state index contributed by atoms with van der Waals surface area (Å²) in [5.41, 5.74) is 1.38. The number of nitrogens with zero attached hydrogens (tertiary/aromatic N) is 1. The maximum absolute atomic E-state index is 12.3. The number of amides is 1. The van der Waals surface area contributed by atoms with Crippen LogP contribution in [0.4, 0.5) is 0 Å². The number of nitrogens with one attached hydrogen (secondary N) is 1. The van der Waals surface area contributed by atoms with Crippen LogP contribution in [0, 0.1) is 5.92 Å². The van der Waals surface area contributed by atoms with Crippen LogP contribution >= 0.6 is 0 Å². The van der Waals surface area contributed by atoms with Crippen LogP contribution in [0.25, 0.3) is 0 Å². The topological polar surface area (TPSA) is 32.3 Å². The highest BCUT2D eigenvalue weighted by atomic mass is 16.2. The fourth-order valence-corrected chi connectivity index (χ4v) is 3.36. The average Bonchev–Trinajstić information content (AvgIpc) is 3.31. The van der Waals surface area contributed by atoms with Gasteiger partial charge in [-0.2, -0.15) is 0 Å². The Kier molecular flexibility index (Phi) is 4.77. The molecule has 3 aliphatic rings. The van der Waals surface area contributed by atoms with Gasteiger partial charge in [-0.1, -0.05) is 11.6 Å². The summed E-state index contributed by atoms with van der Waals surface area (Å²) in [7, 11) is 0. The molecule has 0 spiro atoms. The van der Waals surface area contributed by atoms with E-state index in [2.05, 4.69) is 16.3 Å². The van der Waals surface area contributed by atoms with E-state index >= 15 is 0 Å². The van der Waals surface area contributed by atoms with Gasteiger partial charge in [0.1, 0.15) is 0 Å². The third-order valence-electron chi connectivity index (χ3n) is 5.00. The Morgan fingerprint density at radius 2 is 2.00 bits per heavy atom. The number of carbonyl (C=O) groups excluding carboxylic acids is 1. The lowest BCUT2D eigenvalue weighted by Crippen LogP contribution is -2.45. The highest BCUT2D eigenvalue weighted by Crippen LogP contribution is 2.28. The van der Waals surface area contributed by atoms with E-state index in [1.807, 2.05) is 0 Å². The summed E-state index contributed by atoms with van der Waals surface area (Å²) >= 11 is 0. The summed E-state index contributed by atoms with van der Waals surface area (Å²) in [5, 5.41) is 3.68. The molecular weight excluding hydrogens is 248 g/mol. The molecule has 3 rings (SSSR count). The molecular formula is C17H28N2O. The number of carbonyl (C=O) groups is 1. The second-order valence-corrected chi connectivity index (χ2v) is 6.79. The molecule has 0 aromatic carbocycles. The summed E-state index contributed by atoms with van der Waals surface area (Å²) in [6, 6.07) is 0.647. The van der Waals surface area contributed by atoms with Crippen molar-refractivity contribution >= 4 is 5.91 Å². The fourth-order valence-electron chi connectivity index (χ4n) is 3.36. The maximum Gasteiger partial charge on any atom is 0.226 e. The zero-order valence-corrected chi connectivity index (χ0v) is 12.6. The first-order valence-corrected chi connectivity index (χ1v) is 8.50. The van der Waals surface area contributed by atoms with Gasteiger partial charge in [0.05, 0.1) is 0 Å². The maximum atomic E-state index is 12.3. The van der Waals surface area contributed by atoms with Gasteiger partial charge in [0.15, 0.2) is 0 Å². The first-order chi connectivity index (χ1) is 9.81. The van der Waals surface area contributed by atoms with Crippen LogP contribution in [-0.2, 0) is 4.79 Å². The van der Waals surface area contributed by atoms with Gasteiger partial charge < -0.3 is 10.2 Å². The molecule has 1 amide bonds. The van der Waals surface area contributed by atoms with Crippen molar-refractivity contribution in [3.8, 4) is 0 Å². The van der Waals surface area contributed by atoms with Crippen LogP contribution in [-0.4, -0.2) is 36.5 Å². The van der Waals surface area contributed by atoms with Crippen molar-refractivity contribution < 1.29 is 4.79 Å². The molecule has 3 heteroatoms. The van der Waals surface area contributed by atoms with E-state index in [9.17, 15) is 4.79 Å². The van der Waals surface area contributed by atoms with Crippen LogP contribution in [0.2, 0.25) is 0 Å². The minimum atomic E-state index is 0.360. The Balaban J connectivity index is 1.38. The standard InChI is InChI=1S/C17H28N2O/c20-17(12-14-4-2-1-3-5-14)19-10-8-16(9-11-19)18-13-15-6-7-15/h4,15-16,18H,1-3,5-13H2. The van der Waals surface area contributed by atoms with Crippen molar-refractivity contribution in [1.82, 2.24) is 10.2 Å². The van der Waals surface area contributed by atoms with Gasteiger partial charge in [-0.25, -0.2) is 0 Å². The van der Waals surface area contributed by atoms with Crippen LogP contribution < -0.4 is 5.32 Å². The van der Waals surface area contributed by atoms with Gasteiger partial charge in [0.2, 0.25) is 5.91 Å². The van der Waals surface area contributed by atoms with Gasteiger partial charge in [-0.3, -0.25) is 4.79 Å². The first-order valence-electron chi connectivity index (χ1n) is 8.50. The van der Waals surface area contributed by atoms with Gasteiger partial charge >= 0.3 is 0 Å². The third-order valence-corrected chi connectivity index (χ3v) is 5.00. The van der Waals surface area contributed by atoms with Crippen LogP contribution in [0.3, 0.4) is 0 Å². The highest BCUT2D eigenvalue weighted by molar-refractivity contribution is 5.78. The minimum absolute atomic E-state index is 0.360. The molecule has 1 heterocycles. The number of allylic oxidation sites excluding steroid dienone is 1. The Bertz CT molecular complexity index is 365. The monoisotopic (exact) mass is 276 g/mol. The smallest absolute Gasteiger partial charge is 0.226 e. The van der Waals surface area contributed by atoms with Crippen molar-refractivity contribution in [3.05, 3.63) is 11.6 Å². The molecule has 0 aromatic heterocycles. The van der Waals surface area contributed by atoms with Crippen molar-refractivity contribution in [1.29, 1.82) is 0 Å². The summed E-state index contributed by atoms with van der Waals surface area (Å²) in [4.78, 5) is 14.4. The molecule has 20 heavy (non-hydrogen) atoms. The second kappa shape index (κ2) is 6.75. The second-order valence-electron chi connectivity index (χ2n) is 6.79. The predicted octanol–water partition coefficient (Wildman–Crippen LogP) is 2.87. The van der Waals surface area contributed by atoms with Gasteiger partial charge in [0, 0.05) is 25.6 Å². The molecule has 1 saturated carbocycles. The normalized spacial score (nSPS) is 24.6. The number of piperidine rings is 1. The molecule has 1 aliphatic heterocycles. The molecule has 0 radical (unpaired) electrons. The zero-order chi connectivity index (χ0) is 13.8. The van der Waals surface area contributed by atoms with Gasteiger partial charge in [0.25, 0.3) is 0 Å². The lowest BCUT2D eigenvalue weighted by Gasteiger charge is -2.33. The molecule has 2 fully saturated rings. The van der Waals surface area contributed by atoms with E-state index in [1.54, 1.807) is 0 Å². The Morgan fingerprint density at radius 3 is 2.65 bits per heavy atom. The molecule has 1 saturated heterocycles. The molecule has 112 valence electrons. The van der Waals surface area contributed by atoms with E-state index < -0.39 is 0 Å². The Hall–Kier alpha value is -0.830. The minimum Gasteiger partial charge on any atom is -0.342 e. The van der Waals surface area contributed by atoms with Crippen LogP contribution in [0.5, 0.6) is 0 Å². The summed E-state index contributed by atoms with van der Waals surface area (Å²) < 4.78 is 0. The van der Waals surface area contributed by atoms with E-state index in [0.717, 1.165) is 38.3 Å². The largest absolute Gasteiger partial charge is 0.342 e. The molecule has 0 atom stereocenters. The molecule has 0 aromatic rings. The number of likely N-dealkylation sites (tertiary alicyclic amines) is 1. The molecule has 0 bridgehead atoms. The predicted molar refractivity (Wildman–Crippen MR) is 81.5 cm³/mol. The first kappa shape index (κ1) is 14.1. The summed E-state index contributed by atoms with van der Waals surface area (Å²) in [6.45, 7) is 3.11. The van der Waals surface area contributed by atoms with Crippen molar-refractivity contribution in [2.75, 3.05) is 19.6 Å². The zero-order valence-electron chi connectivity index (χ0n) is 12.6. The Morgan fingerprint density at radius 1 is 1.20 bits per heavy atom. The molecule has 2 aliphatic carbocycles. The SMILES string of the molecule is O=C(CC1=CCCCC1)N1CCC(NCC2CC2)CC1. The summed E-state index contributed by atoms with van der Waals surface area (Å²) in [6.07, 6.45) is 13.0. The highest BCUT2D eigenvalue weighted by Gasteiger charge is 2.26. The van der Waals surface area contributed by atoms with E-state index in [4.69, 9.17) is 0 Å². The Labute approximate surface area is 122 Å². The van der Waals surface area contributed by atoms with E-state index in [0.29, 0.717) is 18.4 Å². The number of hydrogen-bond donors (Lipinski definition) is 1. The van der Waals surface area contributed by atoms with Gasteiger partial charge in [-0.15, -0.1) is 0 Å².